The standard InChI is InChI=1S/C16H27N3O4/c1-10(2)15-17-5-6-19(15)11(3)16(21)18-7-12-8-23-9-13(22-4)14(12)20/h5-6,10-14,20H,7-9H2,1-4H3,(H,18,21)/t11-,12+,13+,14-/m0/s1. The molecule has 0 aliphatic carbocycles. The molecule has 2 N–H and O–H groups in total. The number of hydrogen-bond acceptors (Lipinski definition) is 5. The zero-order valence-electron chi connectivity index (χ0n) is 14.2. The zero-order chi connectivity index (χ0) is 17.0. The topological polar surface area (TPSA) is 85.6 Å². The largest absolute Gasteiger partial charge is 0.390 e. The van der Waals surface area contributed by atoms with Crippen LogP contribution in [0.3, 0.4) is 0 Å². The molecule has 1 fully saturated rings. The second kappa shape index (κ2) is 7.90. The fraction of sp³-hybridized carbons (Fsp3) is 0.750. The lowest BCUT2D eigenvalue weighted by atomic mass is 9.96. The van der Waals surface area contributed by atoms with Crippen molar-refractivity contribution in [1.82, 2.24) is 14.9 Å². The number of aliphatic hydroxyl groups excluding tert-OH is 1. The molecular formula is C16H27N3O4. The number of aliphatic hydroxyl groups is 1. The predicted octanol–water partition coefficient (Wildman–Crippen LogP) is 0.706. The summed E-state index contributed by atoms with van der Waals surface area (Å²) in [6.45, 7) is 7.09. The third-order valence-electron chi connectivity index (χ3n) is 4.33. The molecule has 1 aliphatic heterocycles. The Morgan fingerprint density at radius 3 is 2.91 bits per heavy atom. The Balaban J connectivity index is 1.92. The van der Waals surface area contributed by atoms with E-state index in [4.69, 9.17) is 9.47 Å². The van der Waals surface area contributed by atoms with Gasteiger partial charge in [-0.05, 0) is 6.92 Å². The fourth-order valence-electron chi connectivity index (χ4n) is 2.83. The number of hydrogen-bond donors (Lipinski definition) is 2. The van der Waals surface area contributed by atoms with Gasteiger partial charge in [-0.1, -0.05) is 13.8 Å². The van der Waals surface area contributed by atoms with Crippen molar-refractivity contribution in [2.24, 2.45) is 5.92 Å². The first-order chi connectivity index (χ1) is 11.0. The molecule has 1 saturated heterocycles. The molecule has 1 aromatic heterocycles. The quantitative estimate of drug-likeness (QED) is 0.804. The van der Waals surface area contributed by atoms with Crippen LogP contribution < -0.4 is 5.32 Å². The van der Waals surface area contributed by atoms with Crippen LogP contribution in [0.2, 0.25) is 0 Å². The molecule has 7 heteroatoms. The summed E-state index contributed by atoms with van der Waals surface area (Å²) >= 11 is 0. The molecule has 0 bridgehead atoms. The van der Waals surface area contributed by atoms with Crippen LogP contribution in [0.1, 0.15) is 38.6 Å². The van der Waals surface area contributed by atoms with Gasteiger partial charge in [0.25, 0.3) is 0 Å². The molecule has 4 atom stereocenters. The van der Waals surface area contributed by atoms with Crippen molar-refractivity contribution in [3.8, 4) is 0 Å². The van der Waals surface area contributed by atoms with Gasteiger partial charge in [0.15, 0.2) is 0 Å². The third-order valence-corrected chi connectivity index (χ3v) is 4.33. The van der Waals surface area contributed by atoms with E-state index >= 15 is 0 Å². The van der Waals surface area contributed by atoms with Crippen molar-refractivity contribution < 1.29 is 19.4 Å². The average Bonchev–Trinajstić information content (AvgIpc) is 3.02. The monoisotopic (exact) mass is 325 g/mol. The minimum absolute atomic E-state index is 0.100. The summed E-state index contributed by atoms with van der Waals surface area (Å²) in [6.07, 6.45) is 2.55. The van der Waals surface area contributed by atoms with E-state index in [1.54, 1.807) is 13.3 Å². The molecule has 130 valence electrons. The molecule has 1 amide bonds. The highest BCUT2D eigenvalue weighted by atomic mass is 16.5. The molecule has 7 nitrogen and oxygen atoms in total. The van der Waals surface area contributed by atoms with Crippen LogP contribution >= 0.6 is 0 Å². The van der Waals surface area contributed by atoms with Crippen LogP contribution in [0.5, 0.6) is 0 Å². The van der Waals surface area contributed by atoms with E-state index in [0.717, 1.165) is 5.82 Å². The van der Waals surface area contributed by atoms with E-state index < -0.39 is 6.10 Å². The maximum Gasteiger partial charge on any atom is 0.242 e. The lowest BCUT2D eigenvalue weighted by Gasteiger charge is -2.34. The van der Waals surface area contributed by atoms with Crippen molar-refractivity contribution in [2.45, 2.75) is 44.9 Å². The van der Waals surface area contributed by atoms with Gasteiger partial charge >= 0.3 is 0 Å². The zero-order valence-corrected chi connectivity index (χ0v) is 14.2. The highest BCUT2D eigenvalue weighted by molar-refractivity contribution is 5.80. The maximum absolute atomic E-state index is 12.4. The van der Waals surface area contributed by atoms with E-state index in [0.29, 0.717) is 19.8 Å². The minimum atomic E-state index is -0.635. The average molecular weight is 325 g/mol. The van der Waals surface area contributed by atoms with Gasteiger partial charge in [0.05, 0.1) is 19.3 Å². The van der Waals surface area contributed by atoms with Gasteiger partial charge in [-0.15, -0.1) is 0 Å². The van der Waals surface area contributed by atoms with E-state index in [1.165, 1.54) is 0 Å². The minimum Gasteiger partial charge on any atom is -0.390 e. The number of nitrogens with one attached hydrogen (secondary N) is 1. The van der Waals surface area contributed by atoms with Gasteiger partial charge in [-0.3, -0.25) is 4.79 Å². The number of carbonyl (C=O) groups is 1. The van der Waals surface area contributed by atoms with E-state index in [-0.39, 0.29) is 29.9 Å². The second-order valence-electron chi connectivity index (χ2n) is 6.33. The molecule has 1 aromatic rings. The first-order valence-corrected chi connectivity index (χ1v) is 8.04. The SMILES string of the molecule is CO[C@@H]1COC[C@@H](CNC(=O)[C@H](C)n2ccnc2C(C)C)[C@@H]1O. The van der Waals surface area contributed by atoms with Crippen LogP contribution in [-0.2, 0) is 14.3 Å². The van der Waals surface area contributed by atoms with Gasteiger partial charge in [-0.2, -0.15) is 0 Å². The van der Waals surface area contributed by atoms with Crippen molar-refractivity contribution in [3.63, 3.8) is 0 Å². The number of ether oxygens (including phenoxy) is 2. The maximum atomic E-state index is 12.4. The number of aromatic nitrogens is 2. The number of carbonyl (C=O) groups excluding carboxylic acids is 1. The Morgan fingerprint density at radius 2 is 2.26 bits per heavy atom. The number of rotatable bonds is 6. The summed E-state index contributed by atoms with van der Waals surface area (Å²) in [7, 11) is 1.55. The fourth-order valence-corrected chi connectivity index (χ4v) is 2.83. The molecule has 0 spiro atoms. The Labute approximate surface area is 137 Å². The van der Waals surface area contributed by atoms with Gasteiger partial charge < -0.3 is 24.5 Å². The summed E-state index contributed by atoms with van der Waals surface area (Å²) in [5, 5.41) is 13.1. The predicted molar refractivity (Wildman–Crippen MR) is 85.1 cm³/mol. The van der Waals surface area contributed by atoms with Gasteiger partial charge in [0.1, 0.15) is 18.0 Å². The molecule has 1 aliphatic rings. The van der Waals surface area contributed by atoms with Crippen LogP contribution in [0, 0.1) is 5.92 Å². The first-order valence-electron chi connectivity index (χ1n) is 8.04. The highest BCUT2D eigenvalue weighted by Crippen LogP contribution is 2.19. The Morgan fingerprint density at radius 1 is 1.52 bits per heavy atom. The number of amides is 1. The lowest BCUT2D eigenvalue weighted by Crippen LogP contribution is -2.49. The molecule has 0 radical (unpaired) electrons. The van der Waals surface area contributed by atoms with Crippen LogP contribution in [0.25, 0.3) is 0 Å². The molecule has 0 unspecified atom stereocenters. The molecular weight excluding hydrogens is 298 g/mol. The second-order valence-corrected chi connectivity index (χ2v) is 6.33. The molecule has 23 heavy (non-hydrogen) atoms. The van der Waals surface area contributed by atoms with Crippen LogP contribution in [0.15, 0.2) is 12.4 Å². The molecule has 0 saturated carbocycles. The van der Waals surface area contributed by atoms with E-state index in [9.17, 15) is 9.90 Å². The smallest absolute Gasteiger partial charge is 0.242 e. The Hall–Kier alpha value is -1.44. The summed E-state index contributed by atoms with van der Waals surface area (Å²) < 4.78 is 12.5. The van der Waals surface area contributed by atoms with Gasteiger partial charge in [-0.25, -0.2) is 4.98 Å². The van der Waals surface area contributed by atoms with Gasteiger partial charge in [0.2, 0.25) is 5.91 Å². The number of methoxy groups -OCH3 is 1. The van der Waals surface area contributed by atoms with E-state index in [1.807, 2.05) is 31.5 Å². The normalized spacial score (nSPS) is 26.3. The molecule has 2 rings (SSSR count). The van der Waals surface area contributed by atoms with Crippen LogP contribution in [-0.4, -0.2) is 59.6 Å². The first kappa shape index (κ1) is 17.9. The van der Waals surface area contributed by atoms with Crippen molar-refractivity contribution in [1.29, 1.82) is 0 Å². The lowest BCUT2D eigenvalue weighted by molar-refractivity contribution is -0.137. The molecule has 0 aromatic carbocycles. The van der Waals surface area contributed by atoms with Crippen molar-refractivity contribution in [3.05, 3.63) is 18.2 Å². The molecule has 2 heterocycles. The van der Waals surface area contributed by atoms with Crippen LogP contribution in [0.4, 0.5) is 0 Å². The van der Waals surface area contributed by atoms with E-state index in [2.05, 4.69) is 10.3 Å². The van der Waals surface area contributed by atoms with Crippen molar-refractivity contribution in [2.75, 3.05) is 26.9 Å². The Kier molecular flexibility index (Phi) is 6.15. The summed E-state index contributed by atoms with van der Waals surface area (Å²) in [6, 6.07) is -0.352. The van der Waals surface area contributed by atoms with Crippen molar-refractivity contribution >= 4 is 5.91 Å². The summed E-state index contributed by atoms with van der Waals surface area (Å²) in [4.78, 5) is 16.7. The number of nitrogens with zero attached hydrogens (tertiary/aromatic N) is 2. The van der Waals surface area contributed by atoms with Gasteiger partial charge in [0, 0.05) is 37.9 Å². The highest BCUT2D eigenvalue weighted by Gasteiger charge is 2.33. The summed E-state index contributed by atoms with van der Waals surface area (Å²) in [5.74, 6) is 0.859. The summed E-state index contributed by atoms with van der Waals surface area (Å²) in [5.41, 5.74) is 0. The third kappa shape index (κ3) is 4.10. The Bertz CT molecular complexity index is 517. The number of imidazole rings is 1.